The van der Waals surface area contributed by atoms with Crippen LogP contribution in [0.25, 0.3) is 5.82 Å². The minimum atomic E-state index is 0.260. The Balaban J connectivity index is 2.49. The highest BCUT2D eigenvalue weighted by molar-refractivity contribution is 5.37. The Morgan fingerprint density at radius 2 is 2.13 bits per heavy atom. The minimum Gasteiger partial charge on any atom is -0.384 e. The summed E-state index contributed by atoms with van der Waals surface area (Å²) in [5, 5.41) is 0. The maximum Gasteiger partial charge on any atom is 0.143 e. The van der Waals surface area contributed by atoms with Crippen LogP contribution in [0.4, 0.5) is 5.82 Å². The summed E-state index contributed by atoms with van der Waals surface area (Å²) in [4.78, 5) is 12.5. The third kappa shape index (κ3) is 1.96. The summed E-state index contributed by atoms with van der Waals surface area (Å²) >= 11 is 0. The average molecular weight is 203 g/mol. The lowest BCUT2D eigenvalue weighted by Gasteiger charge is -2.07. The quantitative estimate of drug-likeness (QED) is 0.800. The predicted octanol–water partition coefficient (Wildman–Crippen LogP) is 1.37. The minimum absolute atomic E-state index is 0.260. The van der Waals surface area contributed by atoms with Gasteiger partial charge >= 0.3 is 0 Å². The number of anilines is 1. The molecule has 78 valence electrons. The van der Waals surface area contributed by atoms with Crippen molar-refractivity contribution in [2.24, 2.45) is 0 Å². The van der Waals surface area contributed by atoms with Gasteiger partial charge in [0.05, 0.1) is 0 Å². The van der Waals surface area contributed by atoms with Gasteiger partial charge < -0.3 is 5.73 Å². The van der Waals surface area contributed by atoms with Crippen molar-refractivity contribution in [1.82, 2.24) is 19.5 Å². The van der Waals surface area contributed by atoms with Gasteiger partial charge in [0.1, 0.15) is 23.8 Å². The lowest BCUT2D eigenvalue weighted by Crippen LogP contribution is -2.05. The maximum absolute atomic E-state index is 5.72. The van der Waals surface area contributed by atoms with E-state index in [1.54, 1.807) is 18.6 Å². The number of nitrogen functional groups attached to an aromatic ring is 1. The SMILES string of the molecule is CC(C)c1nc(N)cc(-n2ccnc2)n1. The van der Waals surface area contributed by atoms with Crippen LogP contribution in [0, 0.1) is 0 Å². The molecular formula is C10H13N5. The number of aromatic nitrogens is 4. The number of nitrogens with zero attached hydrogens (tertiary/aromatic N) is 4. The Morgan fingerprint density at radius 3 is 2.73 bits per heavy atom. The number of imidazole rings is 1. The van der Waals surface area contributed by atoms with Crippen molar-refractivity contribution in [2.75, 3.05) is 5.73 Å². The second-order valence-electron chi connectivity index (χ2n) is 3.63. The molecule has 0 aliphatic heterocycles. The first-order valence-corrected chi connectivity index (χ1v) is 4.79. The van der Waals surface area contributed by atoms with Gasteiger partial charge in [-0.3, -0.25) is 4.57 Å². The molecule has 0 amide bonds. The third-order valence-corrected chi connectivity index (χ3v) is 2.04. The van der Waals surface area contributed by atoms with Crippen LogP contribution in [0.15, 0.2) is 24.8 Å². The lowest BCUT2D eigenvalue weighted by molar-refractivity contribution is 0.765. The van der Waals surface area contributed by atoms with Gasteiger partial charge in [0.25, 0.3) is 0 Å². The standard InChI is InChI=1S/C10H13N5/c1-7(2)10-13-8(11)5-9(14-10)15-4-3-12-6-15/h3-7H,1-2H3,(H2,11,13,14). The van der Waals surface area contributed by atoms with Crippen LogP contribution < -0.4 is 5.73 Å². The van der Waals surface area contributed by atoms with E-state index in [0.29, 0.717) is 5.82 Å². The highest BCUT2D eigenvalue weighted by Crippen LogP contribution is 2.14. The van der Waals surface area contributed by atoms with Crippen LogP contribution in [-0.4, -0.2) is 19.5 Å². The van der Waals surface area contributed by atoms with E-state index < -0.39 is 0 Å². The van der Waals surface area contributed by atoms with E-state index in [-0.39, 0.29) is 5.92 Å². The number of nitrogens with two attached hydrogens (primary N) is 1. The summed E-state index contributed by atoms with van der Waals surface area (Å²) in [7, 11) is 0. The van der Waals surface area contributed by atoms with Crippen molar-refractivity contribution >= 4 is 5.82 Å². The summed E-state index contributed by atoms with van der Waals surface area (Å²) < 4.78 is 1.81. The molecule has 0 aromatic carbocycles. The monoisotopic (exact) mass is 203 g/mol. The Kier molecular flexibility index (Phi) is 2.37. The molecule has 15 heavy (non-hydrogen) atoms. The predicted molar refractivity (Wildman–Crippen MR) is 57.7 cm³/mol. The molecular weight excluding hydrogens is 190 g/mol. The molecule has 0 radical (unpaired) electrons. The van der Waals surface area contributed by atoms with Crippen LogP contribution in [0.5, 0.6) is 0 Å². The molecule has 0 saturated carbocycles. The van der Waals surface area contributed by atoms with Gasteiger partial charge in [0, 0.05) is 24.4 Å². The zero-order valence-electron chi connectivity index (χ0n) is 8.75. The number of rotatable bonds is 2. The van der Waals surface area contributed by atoms with E-state index in [1.807, 2.05) is 24.6 Å². The highest BCUT2D eigenvalue weighted by Gasteiger charge is 2.07. The first kappa shape index (κ1) is 9.64. The molecule has 2 aromatic rings. The largest absolute Gasteiger partial charge is 0.384 e. The molecule has 0 saturated heterocycles. The Labute approximate surface area is 88.0 Å². The summed E-state index contributed by atoms with van der Waals surface area (Å²) in [6, 6.07) is 1.73. The van der Waals surface area contributed by atoms with Crippen LogP contribution in [0.2, 0.25) is 0 Å². The van der Waals surface area contributed by atoms with Gasteiger partial charge in [-0.2, -0.15) is 0 Å². The molecule has 0 bridgehead atoms. The van der Waals surface area contributed by atoms with E-state index >= 15 is 0 Å². The lowest BCUT2D eigenvalue weighted by atomic mass is 10.2. The molecule has 0 aliphatic carbocycles. The Bertz CT molecular complexity index is 447. The summed E-state index contributed by atoms with van der Waals surface area (Å²) in [5.74, 6) is 2.25. The first-order valence-electron chi connectivity index (χ1n) is 4.79. The van der Waals surface area contributed by atoms with Gasteiger partial charge in [0.15, 0.2) is 0 Å². The van der Waals surface area contributed by atoms with Crippen molar-refractivity contribution in [3.8, 4) is 5.82 Å². The average Bonchev–Trinajstić information content (AvgIpc) is 2.69. The highest BCUT2D eigenvalue weighted by atomic mass is 15.1. The van der Waals surface area contributed by atoms with Crippen molar-refractivity contribution in [3.05, 3.63) is 30.6 Å². The molecule has 0 fully saturated rings. The van der Waals surface area contributed by atoms with Crippen molar-refractivity contribution in [1.29, 1.82) is 0 Å². The van der Waals surface area contributed by atoms with Gasteiger partial charge in [-0.05, 0) is 0 Å². The van der Waals surface area contributed by atoms with Crippen molar-refractivity contribution in [2.45, 2.75) is 19.8 Å². The normalized spacial score (nSPS) is 10.9. The number of hydrogen-bond acceptors (Lipinski definition) is 4. The van der Waals surface area contributed by atoms with Crippen LogP contribution >= 0.6 is 0 Å². The van der Waals surface area contributed by atoms with E-state index in [9.17, 15) is 0 Å². The third-order valence-electron chi connectivity index (χ3n) is 2.04. The van der Waals surface area contributed by atoms with Gasteiger partial charge in [-0.1, -0.05) is 13.8 Å². The molecule has 2 aromatic heterocycles. The molecule has 0 atom stereocenters. The zero-order valence-corrected chi connectivity index (χ0v) is 8.75. The van der Waals surface area contributed by atoms with E-state index in [0.717, 1.165) is 11.6 Å². The molecule has 2 heterocycles. The van der Waals surface area contributed by atoms with Crippen molar-refractivity contribution < 1.29 is 0 Å². The van der Waals surface area contributed by atoms with Gasteiger partial charge in [-0.25, -0.2) is 15.0 Å². The topological polar surface area (TPSA) is 69.6 Å². The fourth-order valence-corrected chi connectivity index (χ4v) is 1.26. The second kappa shape index (κ2) is 3.68. The maximum atomic E-state index is 5.72. The second-order valence-corrected chi connectivity index (χ2v) is 3.63. The van der Waals surface area contributed by atoms with Crippen LogP contribution in [0.1, 0.15) is 25.6 Å². The van der Waals surface area contributed by atoms with Crippen molar-refractivity contribution in [3.63, 3.8) is 0 Å². The molecule has 0 aliphatic rings. The molecule has 5 heteroatoms. The van der Waals surface area contributed by atoms with E-state index in [4.69, 9.17) is 5.73 Å². The summed E-state index contributed by atoms with van der Waals surface area (Å²) in [6.45, 7) is 4.07. The molecule has 0 unspecified atom stereocenters. The fraction of sp³-hybridized carbons (Fsp3) is 0.300. The fourth-order valence-electron chi connectivity index (χ4n) is 1.26. The summed E-state index contributed by atoms with van der Waals surface area (Å²) in [5.41, 5.74) is 5.72. The van der Waals surface area contributed by atoms with Gasteiger partial charge in [-0.15, -0.1) is 0 Å². The van der Waals surface area contributed by atoms with E-state index in [1.165, 1.54) is 0 Å². The van der Waals surface area contributed by atoms with Crippen LogP contribution in [0.3, 0.4) is 0 Å². The Hall–Kier alpha value is -1.91. The molecule has 2 N–H and O–H groups in total. The van der Waals surface area contributed by atoms with Crippen LogP contribution in [-0.2, 0) is 0 Å². The smallest absolute Gasteiger partial charge is 0.143 e. The number of hydrogen-bond donors (Lipinski definition) is 1. The molecule has 0 spiro atoms. The van der Waals surface area contributed by atoms with E-state index in [2.05, 4.69) is 15.0 Å². The molecule has 5 nitrogen and oxygen atoms in total. The zero-order chi connectivity index (χ0) is 10.8. The Morgan fingerprint density at radius 1 is 1.33 bits per heavy atom. The van der Waals surface area contributed by atoms with Gasteiger partial charge in [0.2, 0.25) is 0 Å². The first-order chi connectivity index (χ1) is 7.16. The molecule has 2 rings (SSSR count). The summed E-state index contributed by atoms with van der Waals surface area (Å²) in [6.07, 6.45) is 5.21.